The largest absolute Gasteiger partial charge is 0.478 e. The normalized spacial score (nSPS) is 10.2. The molecule has 0 spiro atoms. The second kappa shape index (κ2) is 4.54. The zero-order valence-electron chi connectivity index (χ0n) is 9.01. The minimum atomic E-state index is 0.223. The van der Waals surface area contributed by atoms with Crippen LogP contribution in [0, 0.1) is 0 Å². The van der Waals surface area contributed by atoms with Crippen molar-refractivity contribution in [3.05, 3.63) is 22.9 Å². The van der Waals surface area contributed by atoms with Crippen LogP contribution >= 0.6 is 15.9 Å². The molecular formula is C10H10BrN5O. The van der Waals surface area contributed by atoms with Crippen molar-refractivity contribution in [2.24, 2.45) is 0 Å². The van der Waals surface area contributed by atoms with E-state index in [2.05, 4.69) is 30.9 Å². The van der Waals surface area contributed by atoms with Crippen molar-refractivity contribution in [2.45, 2.75) is 0 Å². The first-order valence-corrected chi connectivity index (χ1v) is 5.50. The zero-order valence-corrected chi connectivity index (χ0v) is 10.6. The first kappa shape index (κ1) is 11.6. The van der Waals surface area contributed by atoms with Gasteiger partial charge in [0.2, 0.25) is 0 Å². The molecule has 2 rings (SSSR count). The second-order valence-electron chi connectivity index (χ2n) is 3.23. The molecule has 2 heterocycles. The molecule has 88 valence electrons. The van der Waals surface area contributed by atoms with Gasteiger partial charge in [0.15, 0.2) is 5.82 Å². The van der Waals surface area contributed by atoms with E-state index in [-0.39, 0.29) is 11.7 Å². The summed E-state index contributed by atoms with van der Waals surface area (Å²) in [5, 5.41) is 0. The molecule has 2 aromatic rings. The SMILES string of the molecule is COc1nc(Br)c(-c2ccnc(N)c2)nc1N. The maximum absolute atomic E-state index is 5.71. The van der Waals surface area contributed by atoms with E-state index in [0.29, 0.717) is 16.1 Å². The summed E-state index contributed by atoms with van der Waals surface area (Å²) < 4.78 is 5.51. The minimum Gasteiger partial charge on any atom is -0.478 e. The van der Waals surface area contributed by atoms with Gasteiger partial charge in [-0.1, -0.05) is 0 Å². The standard InChI is InChI=1S/C10H10BrN5O/c1-17-10-9(13)15-7(8(11)16-10)5-2-3-14-6(12)4-5/h2-4H,1H3,(H2,12,14)(H2,13,15). The first-order chi connectivity index (χ1) is 8.11. The molecule has 0 aliphatic heterocycles. The number of hydrogen-bond donors (Lipinski definition) is 2. The molecule has 0 bridgehead atoms. The summed E-state index contributed by atoms with van der Waals surface area (Å²) in [5.74, 6) is 0.911. The van der Waals surface area contributed by atoms with E-state index in [1.54, 1.807) is 18.3 Å². The number of halogens is 1. The number of methoxy groups -OCH3 is 1. The molecule has 0 saturated carbocycles. The van der Waals surface area contributed by atoms with Crippen LogP contribution in [0.2, 0.25) is 0 Å². The van der Waals surface area contributed by atoms with Gasteiger partial charge in [0.1, 0.15) is 16.1 Å². The van der Waals surface area contributed by atoms with Crippen molar-refractivity contribution in [1.29, 1.82) is 0 Å². The van der Waals surface area contributed by atoms with Crippen LogP contribution in [0.3, 0.4) is 0 Å². The Bertz CT molecular complexity index is 560. The monoisotopic (exact) mass is 295 g/mol. The van der Waals surface area contributed by atoms with Crippen LogP contribution in [-0.2, 0) is 0 Å². The van der Waals surface area contributed by atoms with E-state index in [0.717, 1.165) is 5.56 Å². The van der Waals surface area contributed by atoms with E-state index in [1.807, 2.05) is 0 Å². The number of nitrogens with two attached hydrogens (primary N) is 2. The Morgan fingerprint density at radius 2 is 2.06 bits per heavy atom. The molecule has 6 nitrogen and oxygen atoms in total. The lowest BCUT2D eigenvalue weighted by Gasteiger charge is -2.08. The highest BCUT2D eigenvalue weighted by Crippen LogP contribution is 2.29. The highest BCUT2D eigenvalue weighted by Gasteiger charge is 2.12. The molecule has 7 heteroatoms. The highest BCUT2D eigenvalue weighted by molar-refractivity contribution is 9.10. The lowest BCUT2D eigenvalue weighted by Crippen LogP contribution is -2.01. The predicted molar refractivity (Wildman–Crippen MR) is 68.3 cm³/mol. The number of anilines is 2. The molecule has 0 fully saturated rings. The zero-order chi connectivity index (χ0) is 12.4. The minimum absolute atomic E-state index is 0.223. The Morgan fingerprint density at radius 3 is 2.71 bits per heavy atom. The van der Waals surface area contributed by atoms with E-state index in [9.17, 15) is 0 Å². The summed E-state index contributed by atoms with van der Waals surface area (Å²) in [7, 11) is 1.48. The molecule has 0 aromatic carbocycles. The smallest absolute Gasteiger partial charge is 0.258 e. The number of hydrogen-bond acceptors (Lipinski definition) is 6. The number of pyridine rings is 1. The van der Waals surface area contributed by atoms with Gasteiger partial charge >= 0.3 is 0 Å². The van der Waals surface area contributed by atoms with Crippen LogP contribution in [0.4, 0.5) is 11.6 Å². The first-order valence-electron chi connectivity index (χ1n) is 4.70. The molecule has 0 atom stereocenters. The lowest BCUT2D eigenvalue weighted by atomic mass is 10.2. The quantitative estimate of drug-likeness (QED) is 0.870. The third kappa shape index (κ3) is 2.28. The van der Waals surface area contributed by atoms with Crippen LogP contribution in [0.25, 0.3) is 11.3 Å². The molecule has 0 saturated heterocycles. The fraction of sp³-hybridized carbons (Fsp3) is 0.100. The fourth-order valence-electron chi connectivity index (χ4n) is 1.34. The number of nitrogen functional groups attached to an aromatic ring is 2. The van der Waals surface area contributed by atoms with Crippen LogP contribution in [0.15, 0.2) is 22.9 Å². The van der Waals surface area contributed by atoms with Gasteiger partial charge in [0, 0.05) is 11.8 Å². The van der Waals surface area contributed by atoms with Gasteiger partial charge in [-0.25, -0.2) is 15.0 Å². The fourth-order valence-corrected chi connectivity index (χ4v) is 1.82. The average Bonchev–Trinajstić information content (AvgIpc) is 2.31. The molecular weight excluding hydrogens is 286 g/mol. The van der Waals surface area contributed by atoms with E-state index >= 15 is 0 Å². The summed E-state index contributed by atoms with van der Waals surface area (Å²) in [5.41, 5.74) is 12.7. The predicted octanol–water partition coefficient (Wildman–Crippen LogP) is 1.47. The van der Waals surface area contributed by atoms with Gasteiger partial charge in [-0.2, -0.15) is 0 Å². The van der Waals surface area contributed by atoms with Crippen LogP contribution in [0.1, 0.15) is 0 Å². The summed E-state index contributed by atoms with van der Waals surface area (Å²) in [6.07, 6.45) is 1.60. The second-order valence-corrected chi connectivity index (χ2v) is 3.98. The molecule has 17 heavy (non-hydrogen) atoms. The Labute approximate surface area is 106 Å². The Morgan fingerprint density at radius 1 is 1.29 bits per heavy atom. The van der Waals surface area contributed by atoms with Crippen LogP contribution in [-0.4, -0.2) is 22.1 Å². The van der Waals surface area contributed by atoms with Gasteiger partial charge in [0.25, 0.3) is 5.88 Å². The van der Waals surface area contributed by atoms with Crippen molar-refractivity contribution >= 4 is 27.6 Å². The molecule has 0 amide bonds. The number of ether oxygens (including phenoxy) is 1. The Hall–Kier alpha value is -1.89. The third-order valence-corrected chi connectivity index (χ3v) is 2.65. The molecule has 0 aliphatic rings. The summed E-state index contributed by atoms with van der Waals surface area (Å²) in [6, 6.07) is 3.47. The summed E-state index contributed by atoms with van der Waals surface area (Å²) in [6.45, 7) is 0. The van der Waals surface area contributed by atoms with Crippen molar-refractivity contribution < 1.29 is 4.74 Å². The van der Waals surface area contributed by atoms with Crippen LogP contribution in [0.5, 0.6) is 5.88 Å². The number of rotatable bonds is 2. The summed E-state index contributed by atoms with van der Waals surface area (Å²) >= 11 is 3.31. The lowest BCUT2D eigenvalue weighted by molar-refractivity contribution is 0.397. The van der Waals surface area contributed by atoms with Crippen molar-refractivity contribution in [1.82, 2.24) is 15.0 Å². The van der Waals surface area contributed by atoms with Gasteiger partial charge in [0.05, 0.1) is 7.11 Å². The third-order valence-electron chi connectivity index (χ3n) is 2.09. The van der Waals surface area contributed by atoms with Crippen molar-refractivity contribution in [2.75, 3.05) is 18.6 Å². The van der Waals surface area contributed by atoms with Gasteiger partial charge in [-0.15, -0.1) is 0 Å². The van der Waals surface area contributed by atoms with E-state index in [1.165, 1.54) is 7.11 Å². The molecule has 0 unspecified atom stereocenters. The van der Waals surface area contributed by atoms with E-state index < -0.39 is 0 Å². The highest BCUT2D eigenvalue weighted by atomic mass is 79.9. The van der Waals surface area contributed by atoms with Crippen LogP contribution < -0.4 is 16.2 Å². The van der Waals surface area contributed by atoms with E-state index in [4.69, 9.17) is 16.2 Å². The molecule has 0 aliphatic carbocycles. The van der Waals surface area contributed by atoms with Gasteiger partial charge in [-0.3, -0.25) is 0 Å². The Balaban J connectivity index is 2.56. The van der Waals surface area contributed by atoms with Gasteiger partial charge in [-0.05, 0) is 28.1 Å². The summed E-state index contributed by atoms with van der Waals surface area (Å²) in [4.78, 5) is 12.3. The maximum Gasteiger partial charge on any atom is 0.258 e. The average molecular weight is 296 g/mol. The number of nitrogens with zero attached hydrogens (tertiary/aromatic N) is 3. The topological polar surface area (TPSA) is 99.9 Å². The van der Waals surface area contributed by atoms with Crippen molar-refractivity contribution in [3.63, 3.8) is 0 Å². The number of aromatic nitrogens is 3. The maximum atomic E-state index is 5.71. The van der Waals surface area contributed by atoms with Gasteiger partial charge < -0.3 is 16.2 Å². The van der Waals surface area contributed by atoms with Crippen molar-refractivity contribution in [3.8, 4) is 17.1 Å². The molecule has 4 N–H and O–H groups in total. The molecule has 0 radical (unpaired) electrons. The molecule has 2 aromatic heterocycles. The Kier molecular flexibility index (Phi) is 3.10.